The van der Waals surface area contributed by atoms with Gasteiger partial charge in [0.15, 0.2) is 11.5 Å². The van der Waals surface area contributed by atoms with Gasteiger partial charge in [-0.1, -0.05) is 28.1 Å². The second-order valence-electron chi connectivity index (χ2n) is 5.12. The van der Waals surface area contributed by atoms with E-state index in [0.717, 1.165) is 22.4 Å². The van der Waals surface area contributed by atoms with Gasteiger partial charge < -0.3 is 14.2 Å². The third-order valence-corrected chi connectivity index (χ3v) is 2.97. The highest BCUT2D eigenvalue weighted by Crippen LogP contribution is 2.32. The predicted octanol–water partition coefficient (Wildman–Crippen LogP) is 4.17. The summed E-state index contributed by atoms with van der Waals surface area (Å²) in [5.41, 5.74) is 0.947. The number of benzene rings is 1. The number of hydrogen-bond donors (Lipinski definition) is 0. The summed E-state index contributed by atoms with van der Waals surface area (Å²) in [6, 6.07) is 5.92. The van der Waals surface area contributed by atoms with E-state index >= 15 is 0 Å². The number of halogens is 1. The fourth-order valence-electron chi connectivity index (χ4n) is 1.59. The summed E-state index contributed by atoms with van der Waals surface area (Å²) >= 11 is 3.47. The molecule has 108 valence electrons. The summed E-state index contributed by atoms with van der Waals surface area (Å²) in [6.07, 6.45) is 0. The molecule has 0 aliphatic carbocycles. The van der Waals surface area contributed by atoms with E-state index in [1.54, 1.807) is 0 Å². The van der Waals surface area contributed by atoms with Crippen LogP contribution in [0.15, 0.2) is 18.2 Å². The Hall–Kier alpha value is -0.740. The molecule has 0 fully saturated rings. The van der Waals surface area contributed by atoms with Crippen LogP contribution in [0.5, 0.6) is 11.5 Å². The van der Waals surface area contributed by atoms with Gasteiger partial charge in [0.1, 0.15) is 6.61 Å². The van der Waals surface area contributed by atoms with Crippen LogP contribution in [0, 0.1) is 0 Å². The van der Waals surface area contributed by atoms with Gasteiger partial charge in [0.25, 0.3) is 0 Å². The largest absolute Gasteiger partial charge is 0.490 e. The Morgan fingerprint density at radius 3 is 2.42 bits per heavy atom. The summed E-state index contributed by atoms with van der Waals surface area (Å²) in [5.74, 6) is 1.59. The summed E-state index contributed by atoms with van der Waals surface area (Å²) in [5, 5.41) is 0.739. The first-order valence-corrected chi connectivity index (χ1v) is 7.67. The molecule has 1 rings (SSSR count). The molecule has 0 saturated heterocycles. The quantitative estimate of drug-likeness (QED) is 0.554. The lowest BCUT2D eigenvalue weighted by atomic mass is 10.2. The molecule has 4 heteroatoms. The van der Waals surface area contributed by atoms with E-state index in [1.165, 1.54) is 0 Å². The SMILES string of the molecule is CCOc1cccc(CBr)c1OCCOC(C)(C)C. The highest BCUT2D eigenvalue weighted by atomic mass is 79.9. The van der Waals surface area contributed by atoms with Gasteiger partial charge in [0, 0.05) is 10.9 Å². The van der Waals surface area contributed by atoms with Crippen molar-refractivity contribution in [2.45, 2.75) is 38.6 Å². The van der Waals surface area contributed by atoms with Crippen molar-refractivity contribution < 1.29 is 14.2 Å². The highest BCUT2D eigenvalue weighted by molar-refractivity contribution is 9.08. The molecule has 0 radical (unpaired) electrons. The van der Waals surface area contributed by atoms with E-state index in [9.17, 15) is 0 Å². The third-order valence-electron chi connectivity index (χ3n) is 2.37. The standard InChI is InChI=1S/C15H23BrO3/c1-5-17-13-8-6-7-12(11-16)14(13)18-9-10-19-15(2,3)4/h6-8H,5,9-11H2,1-4H3. The maximum absolute atomic E-state index is 5.83. The minimum atomic E-state index is -0.138. The third kappa shape index (κ3) is 5.83. The van der Waals surface area contributed by atoms with Crippen LogP contribution in [0.2, 0.25) is 0 Å². The molecule has 3 nitrogen and oxygen atoms in total. The molecule has 0 spiro atoms. The molecule has 0 amide bonds. The molecule has 0 N–H and O–H groups in total. The Morgan fingerprint density at radius 2 is 1.84 bits per heavy atom. The van der Waals surface area contributed by atoms with Crippen LogP contribution in [0.3, 0.4) is 0 Å². The second-order valence-corrected chi connectivity index (χ2v) is 5.68. The van der Waals surface area contributed by atoms with Gasteiger partial charge in [-0.05, 0) is 33.8 Å². The molecule has 0 atom stereocenters. The van der Waals surface area contributed by atoms with Gasteiger partial charge in [0.05, 0.1) is 18.8 Å². The topological polar surface area (TPSA) is 27.7 Å². The molecule has 19 heavy (non-hydrogen) atoms. The minimum Gasteiger partial charge on any atom is -0.490 e. The lowest BCUT2D eigenvalue weighted by Crippen LogP contribution is -2.22. The first kappa shape index (κ1) is 16.3. The molecule has 0 heterocycles. The zero-order chi connectivity index (χ0) is 14.3. The summed E-state index contributed by atoms with van der Waals surface area (Å²) in [7, 11) is 0. The second kappa shape index (κ2) is 7.75. The molecule has 1 aromatic rings. The molecule has 0 saturated carbocycles. The summed E-state index contributed by atoms with van der Waals surface area (Å²) in [6.45, 7) is 9.77. The average molecular weight is 331 g/mol. The molecule has 0 aliphatic heterocycles. The van der Waals surface area contributed by atoms with E-state index in [2.05, 4.69) is 15.9 Å². The molecule has 0 unspecified atom stereocenters. The number of alkyl halides is 1. The van der Waals surface area contributed by atoms with Gasteiger partial charge in [-0.2, -0.15) is 0 Å². The fourth-order valence-corrected chi connectivity index (χ4v) is 2.03. The van der Waals surface area contributed by atoms with Crippen LogP contribution in [-0.2, 0) is 10.1 Å². The average Bonchev–Trinajstić information content (AvgIpc) is 2.35. The van der Waals surface area contributed by atoms with E-state index in [-0.39, 0.29) is 5.60 Å². The number of para-hydroxylation sites is 1. The van der Waals surface area contributed by atoms with Gasteiger partial charge in [-0.25, -0.2) is 0 Å². The predicted molar refractivity (Wildman–Crippen MR) is 81.4 cm³/mol. The van der Waals surface area contributed by atoms with Crippen molar-refractivity contribution >= 4 is 15.9 Å². The van der Waals surface area contributed by atoms with Crippen LogP contribution < -0.4 is 9.47 Å². The summed E-state index contributed by atoms with van der Waals surface area (Å²) < 4.78 is 17.1. The van der Waals surface area contributed by atoms with E-state index in [1.807, 2.05) is 45.9 Å². The van der Waals surface area contributed by atoms with Crippen molar-refractivity contribution in [2.24, 2.45) is 0 Å². The molecule has 0 bridgehead atoms. The van der Waals surface area contributed by atoms with Gasteiger partial charge >= 0.3 is 0 Å². The van der Waals surface area contributed by atoms with Gasteiger partial charge in [-0.15, -0.1) is 0 Å². The molecule has 0 aromatic heterocycles. The van der Waals surface area contributed by atoms with E-state index in [0.29, 0.717) is 19.8 Å². The van der Waals surface area contributed by atoms with Crippen molar-refractivity contribution in [3.8, 4) is 11.5 Å². The van der Waals surface area contributed by atoms with Crippen molar-refractivity contribution in [3.05, 3.63) is 23.8 Å². The zero-order valence-electron chi connectivity index (χ0n) is 12.2. The van der Waals surface area contributed by atoms with E-state index < -0.39 is 0 Å². The number of rotatable bonds is 7. The number of ether oxygens (including phenoxy) is 3. The normalized spacial score (nSPS) is 11.4. The maximum atomic E-state index is 5.83. The smallest absolute Gasteiger partial charge is 0.165 e. The fraction of sp³-hybridized carbons (Fsp3) is 0.600. The van der Waals surface area contributed by atoms with Crippen LogP contribution in [0.1, 0.15) is 33.3 Å². The Balaban J connectivity index is 2.64. The van der Waals surface area contributed by atoms with Gasteiger partial charge in [-0.3, -0.25) is 0 Å². The molecular formula is C15H23BrO3. The lowest BCUT2D eigenvalue weighted by molar-refractivity contribution is -0.0166. The highest BCUT2D eigenvalue weighted by Gasteiger charge is 2.12. The zero-order valence-corrected chi connectivity index (χ0v) is 13.7. The van der Waals surface area contributed by atoms with Crippen molar-refractivity contribution in [1.29, 1.82) is 0 Å². The molecule has 0 aliphatic rings. The molecule has 1 aromatic carbocycles. The monoisotopic (exact) mass is 330 g/mol. The Bertz CT molecular complexity index is 385. The van der Waals surface area contributed by atoms with Crippen LogP contribution in [0.4, 0.5) is 0 Å². The number of hydrogen-bond acceptors (Lipinski definition) is 3. The molecular weight excluding hydrogens is 308 g/mol. The summed E-state index contributed by atoms with van der Waals surface area (Å²) in [4.78, 5) is 0. The lowest BCUT2D eigenvalue weighted by Gasteiger charge is -2.20. The van der Waals surface area contributed by atoms with Crippen molar-refractivity contribution in [1.82, 2.24) is 0 Å². The van der Waals surface area contributed by atoms with Crippen molar-refractivity contribution in [3.63, 3.8) is 0 Å². The Kier molecular flexibility index (Phi) is 6.66. The van der Waals surface area contributed by atoms with Crippen LogP contribution in [0.25, 0.3) is 0 Å². The van der Waals surface area contributed by atoms with Crippen LogP contribution >= 0.6 is 15.9 Å². The minimum absolute atomic E-state index is 0.138. The first-order valence-electron chi connectivity index (χ1n) is 6.55. The van der Waals surface area contributed by atoms with E-state index in [4.69, 9.17) is 14.2 Å². The van der Waals surface area contributed by atoms with Gasteiger partial charge in [0.2, 0.25) is 0 Å². The first-order chi connectivity index (χ1) is 8.98. The maximum Gasteiger partial charge on any atom is 0.165 e. The van der Waals surface area contributed by atoms with Crippen LogP contribution in [-0.4, -0.2) is 25.4 Å². The Labute approximate surface area is 124 Å². The Morgan fingerprint density at radius 1 is 1.11 bits per heavy atom. The van der Waals surface area contributed by atoms with Crippen molar-refractivity contribution in [2.75, 3.05) is 19.8 Å².